The molecule has 29 rings (SSSR count). The van der Waals surface area contributed by atoms with Crippen LogP contribution in [0, 0.1) is 0 Å². The van der Waals surface area contributed by atoms with E-state index in [-0.39, 0.29) is 0 Å². The van der Waals surface area contributed by atoms with Crippen molar-refractivity contribution in [2.75, 3.05) is 0 Å². The Morgan fingerprint density at radius 1 is 0.0872 bits per heavy atom. The third kappa shape index (κ3) is 16.5. The van der Waals surface area contributed by atoms with E-state index in [1.807, 2.05) is 34.0 Å². The summed E-state index contributed by atoms with van der Waals surface area (Å²) in [5.41, 5.74) is 30.2. The maximum atomic E-state index is 2.38. The van der Waals surface area contributed by atoms with Gasteiger partial charge in [-0.15, -0.1) is 34.0 Å². The first-order valence-corrected chi connectivity index (χ1v) is 53.6. The van der Waals surface area contributed by atoms with Crippen LogP contribution in [0.1, 0.15) is 0 Å². The molecule has 0 amide bonds. The second-order valence-corrected chi connectivity index (χ2v) is 41.7. The van der Waals surface area contributed by atoms with Gasteiger partial charge in [-0.05, 0) is 313 Å². The lowest BCUT2D eigenvalue weighted by molar-refractivity contribution is 1.63. The number of hydrogen-bond donors (Lipinski definition) is 0. The molecular weight excluding hydrogens is 1850 g/mol. The van der Waals surface area contributed by atoms with Crippen LogP contribution in [0.15, 0.2) is 570 Å². The highest BCUT2D eigenvalue weighted by Gasteiger charge is 2.27. The van der Waals surface area contributed by atoms with Crippen molar-refractivity contribution in [1.29, 1.82) is 0 Å². The van der Waals surface area contributed by atoms with Crippen molar-refractivity contribution in [3.8, 4) is 163 Å². The molecule has 696 valence electrons. The molecule has 3 heterocycles. The molecule has 26 aromatic carbocycles. The number of hydrogen-bond acceptors (Lipinski definition) is 3. The van der Waals surface area contributed by atoms with Crippen LogP contribution in [0.3, 0.4) is 0 Å². The van der Waals surface area contributed by atoms with Gasteiger partial charge in [-0.3, -0.25) is 0 Å². The lowest BCUT2D eigenvalue weighted by Gasteiger charge is -2.21. The van der Waals surface area contributed by atoms with E-state index >= 15 is 0 Å². The average molecular weight is 1940 g/mol. The Labute approximate surface area is 878 Å². The van der Waals surface area contributed by atoms with Gasteiger partial charge in [-0.25, -0.2) is 0 Å². The predicted molar refractivity (Wildman–Crippen MR) is 647 cm³/mol. The molecule has 0 aliphatic carbocycles. The van der Waals surface area contributed by atoms with Crippen molar-refractivity contribution < 1.29 is 0 Å². The third-order valence-electron chi connectivity index (χ3n) is 29.9. The van der Waals surface area contributed by atoms with E-state index in [1.54, 1.807) is 0 Å². The topological polar surface area (TPSA) is 0 Å². The summed E-state index contributed by atoms with van der Waals surface area (Å²) in [5, 5.41) is 27.8. The predicted octanol–water partition coefficient (Wildman–Crippen LogP) is 42.9. The summed E-state index contributed by atoms with van der Waals surface area (Å²) in [5.74, 6) is 0. The van der Waals surface area contributed by atoms with Crippen molar-refractivity contribution in [2.24, 2.45) is 0 Å². The van der Waals surface area contributed by atoms with Crippen LogP contribution in [0.2, 0.25) is 0 Å². The minimum atomic E-state index is 1.23. The van der Waals surface area contributed by atoms with Crippen LogP contribution in [-0.2, 0) is 0 Å². The molecular formula is C146H94S3. The van der Waals surface area contributed by atoms with Gasteiger partial charge in [0.05, 0.1) is 0 Å². The van der Waals surface area contributed by atoms with Crippen LogP contribution in [0.25, 0.3) is 281 Å². The van der Waals surface area contributed by atoms with Crippen LogP contribution >= 0.6 is 34.0 Å². The van der Waals surface area contributed by atoms with E-state index in [0.717, 1.165) is 0 Å². The van der Waals surface area contributed by atoms with Crippen molar-refractivity contribution in [1.82, 2.24) is 0 Å². The zero-order chi connectivity index (χ0) is 98.6. The molecule has 0 radical (unpaired) electrons. The van der Waals surface area contributed by atoms with Gasteiger partial charge < -0.3 is 0 Å². The fraction of sp³-hybridized carbons (Fsp3) is 0. The van der Waals surface area contributed by atoms with E-state index < -0.39 is 0 Å². The molecule has 0 aliphatic heterocycles. The van der Waals surface area contributed by atoms with Crippen LogP contribution in [0.4, 0.5) is 0 Å². The summed E-state index contributed by atoms with van der Waals surface area (Å²) in [6.07, 6.45) is 0. The molecule has 0 bridgehead atoms. The number of rotatable bonds is 15. The summed E-state index contributed by atoms with van der Waals surface area (Å²) < 4.78 is 0. The molecule has 3 heteroatoms. The fourth-order valence-electron chi connectivity index (χ4n) is 23.1. The van der Waals surface area contributed by atoms with Crippen molar-refractivity contribution in [3.05, 3.63) is 570 Å². The minimum Gasteiger partial charge on any atom is -0.135 e. The second kappa shape index (κ2) is 39.0. The lowest BCUT2D eigenvalue weighted by Crippen LogP contribution is -1.94. The highest BCUT2D eigenvalue weighted by Crippen LogP contribution is 2.55. The monoisotopic (exact) mass is 1940 g/mol. The largest absolute Gasteiger partial charge is 0.135 e. The summed E-state index contributed by atoms with van der Waals surface area (Å²) in [7, 11) is 0. The van der Waals surface area contributed by atoms with Gasteiger partial charge >= 0.3 is 0 Å². The molecule has 3 aromatic heterocycles. The van der Waals surface area contributed by atoms with Gasteiger partial charge in [0.1, 0.15) is 0 Å². The normalized spacial score (nSPS) is 11.5. The standard InChI is InChI=1S/2C50H32S.C46H30S/c1-2-15-34(16-3-1)47-30-31-48(51-47)35-18-12-19-36(32-35)49-42-23-8-10-25-44(42)50(45-26-11-9-24-43(45)49)46-29-28-41(39-21-6-7-22-40(39)46)38-27-13-17-33-14-4-5-20-37(33)38;1-2-14-34(15-3-1)47-29-30-48(51-47)37-17-12-18-38(32-37)49-42-21-8-10-23-44(42)50(45-24-11-9-22-43(45)49)46-28-27-39(40-19-6-7-20-41(40)46)36-26-25-33-13-4-5-16-35(33)31-36;1-3-14-31(15-4-1)37-27-26-32-16-7-8-21-36(32)45(37)46-40-24-11-9-22-38(40)44(39-23-10-12-25-41(39)46)35-20-13-19-34(30-35)43-29-28-42(47-43)33-17-5-2-6-18-33/h2*1-32H;1-30H. The highest BCUT2D eigenvalue weighted by atomic mass is 32.1. The molecule has 149 heavy (non-hydrogen) atoms. The molecule has 0 spiro atoms. The van der Waals surface area contributed by atoms with E-state index in [2.05, 4.69) is 570 Å². The first-order chi connectivity index (χ1) is 73.9. The molecule has 0 unspecified atom stereocenters. The third-order valence-corrected chi connectivity index (χ3v) is 33.4. The molecule has 0 saturated carbocycles. The maximum Gasteiger partial charge on any atom is 0.0349 e. The van der Waals surface area contributed by atoms with E-state index in [9.17, 15) is 0 Å². The molecule has 0 nitrogen and oxygen atoms in total. The Bertz CT molecular complexity index is 10000. The SMILES string of the molecule is c1ccc(-c2ccc(-c3cccc(-c4c5ccccc5c(-c5c(-c6ccccc6)ccc6ccccc56)c5ccccc45)c3)s2)cc1.c1ccc(-c2ccc(-c3cccc(-c4c5ccccc5c(-c5ccc(-c6ccc7ccccc7c6)c6ccccc56)c5ccccc45)c3)s2)cc1.c1ccc(-c2ccc(-c3cccc(-c4c5ccccc5c(-c5ccc(-c6cccc7ccccc67)c6ccccc56)c5ccccc45)c3)s2)cc1. The average Bonchev–Trinajstić information content (AvgIpc) is 0.823. The van der Waals surface area contributed by atoms with E-state index in [0.29, 0.717) is 0 Å². The molecule has 0 N–H and O–H groups in total. The van der Waals surface area contributed by atoms with Gasteiger partial charge in [0, 0.05) is 29.3 Å². The molecule has 29 aromatic rings. The van der Waals surface area contributed by atoms with Crippen molar-refractivity contribution in [3.63, 3.8) is 0 Å². The summed E-state index contributed by atoms with van der Waals surface area (Å²) in [4.78, 5) is 7.69. The number of benzene rings is 26. The van der Waals surface area contributed by atoms with Gasteiger partial charge in [-0.2, -0.15) is 0 Å². The molecule has 0 atom stereocenters. The summed E-state index contributed by atoms with van der Waals surface area (Å²) in [6.45, 7) is 0. The quantitative estimate of drug-likeness (QED) is 0.0898. The van der Waals surface area contributed by atoms with Crippen LogP contribution < -0.4 is 0 Å². The molecule has 0 saturated heterocycles. The number of thiophene rings is 3. The Morgan fingerprint density at radius 3 is 0.711 bits per heavy atom. The molecule has 0 fully saturated rings. The second-order valence-electron chi connectivity index (χ2n) is 38.4. The highest BCUT2D eigenvalue weighted by molar-refractivity contribution is 7.19. The van der Waals surface area contributed by atoms with Gasteiger partial charge in [0.25, 0.3) is 0 Å². The zero-order valence-electron chi connectivity index (χ0n) is 81.5. The van der Waals surface area contributed by atoms with Crippen LogP contribution in [0.5, 0.6) is 0 Å². The fourth-order valence-corrected chi connectivity index (χ4v) is 26.2. The van der Waals surface area contributed by atoms with E-state index in [4.69, 9.17) is 0 Å². The first kappa shape index (κ1) is 89.5. The Hall–Kier alpha value is -18.3. The summed E-state index contributed by atoms with van der Waals surface area (Å²) >= 11 is 5.55. The summed E-state index contributed by atoms with van der Waals surface area (Å²) in [6, 6.07) is 209. The Kier molecular flexibility index (Phi) is 23.4. The lowest BCUT2D eigenvalue weighted by atomic mass is 9.82. The maximum absolute atomic E-state index is 2.38. The Morgan fingerprint density at radius 2 is 0.322 bits per heavy atom. The van der Waals surface area contributed by atoms with Crippen molar-refractivity contribution >= 4 is 153 Å². The van der Waals surface area contributed by atoms with Gasteiger partial charge in [0.2, 0.25) is 0 Å². The van der Waals surface area contributed by atoms with Gasteiger partial charge in [0.15, 0.2) is 0 Å². The molecule has 0 aliphatic rings. The first-order valence-electron chi connectivity index (χ1n) is 51.1. The Balaban J connectivity index is 0.000000110. The number of fused-ring (bicyclic) bond motifs is 11. The zero-order valence-corrected chi connectivity index (χ0v) is 83.9. The van der Waals surface area contributed by atoms with Gasteiger partial charge in [-0.1, -0.05) is 510 Å². The van der Waals surface area contributed by atoms with Crippen LogP contribution in [-0.4, -0.2) is 0 Å². The minimum absolute atomic E-state index is 1.23. The smallest absolute Gasteiger partial charge is 0.0349 e. The van der Waals surface area contributed by atoms with E-state index in [1.165, 1.54) is 281 Å². The van der Waals surface area contributed by atoms with Crippen molar-refractivity contribution in [2.45, 2.75) is 0 Å².